The minimum atomic E-state index is -0.0311. The van der Waals surface area contributed by atoms with Crippen LogP contribution in [0, 0.1) is 6.92 Å². The predicted octanol–water partition coefficient (Wildman–Crippen LogP) is 2.69. The molecule has 5 rings (SSSR count). The third kappa shape index (κ3) is 2.78. The van der Waals surface area contributed by atoms with E-state index in [-0.39, 0.29) is 5.91 Å². The summed E-state index contributed by atoms with van der Waals surface area (Å²) in [6.45, 7) is 3.99. The standard InChI is InChI=1S/C19H18N4O2S/c1-11-20-7-17(26-11)12-2-3-13-6-21-18(5-14(13)4-12)22-19(24)9-23-8-16-15(23)10-25-16/h2-7,15-16H,8-10H2,1H3,(H,21,22,24). The van der Waals surface area contributed by atoms with Crippen LogP contribution in [0.25, 0.3) is 21.2 Å². The molecule has 2 saturated heterocycles. The molecule has 4 heterocycles. The number of carbonyl (C=O) groups excluding carboxylic acids is 1. The number of nitrogens with one attached hydrogen (secondary N) is 1. The van der Waals surface area contributed by atoms with Gasteiger partial charge in [-0.15, -0.1) is 11.3 Å². The van der Waals surface area contributed by atoms with E-state index in [4.69, 9.17) is 4.74 Å². The van der Waals surface area contributed by atoms with Crippen molar-refractivity contribution in [2.24, 2.45) is 0 Å². The number of hydrogen-bond donors (Lipinski definition) is 1. The second-order valence-corrected chi connectivity index (χ2v) is 8.03. The quantitative estimate of drug-likeness (QED) is 0.769. The molecule has 132 valence electrons. The van der Waals surface area contributed by atoms with Crippen LogP contribution >= 0.6 is 11.3 Å². The fraction of sp³-hybridized carbons (Fsp3) is 0.316. The number of fused-ring (bicyclic) bond motifs is 2. The van der Waals surface area contributed by atoms with Crippen LogP contribution in [-0.4, -0.2) is 52.6 Å². The molecular formula is C19H18N4O2S. The molecule has 1 aromatic carbocycles. The SMILES string of the molecule is Cc1ncc(-c2ccc3cnc(NC(=O)CN4CC5OCC54)cc3c2)s1. The Morgan fingerprint density at radius 3 is 2.92 bits per heavy atom. The van der Waals surface area contributed by atoms with Gasteiger partial charge in [-0.25, -0.2) is 9.97 Å². The molecule has 7 heteroatoms. The Balaban J connectivity index is 1.33. The van der Waals surface area contributed by atoms with E-state index in [1.807, 2.05) is 19.2 Å². The molecule has 2 unspecified atom stereocenters. The molecule has 0 saturated carbocycles. The third-order valence-electron chi connectivity index (χ3n) is 5.04. The van der Waals surface area contributed by atoms with Gasteiger partial charge in [0, 0.05) is 24.3 Å². The maximum atomic E-state index is 12.3. The second kappa shape index (κ2) is 6.12. The third-order valence-corrected chi connectivity index (χ3v) is 6.00. The topological polar surface area (TPSA) is 67.4 Å². The number of rotatable bonds is 4. The van der Waals surface area contributed by atoms with Crippen molar-refractivity contribution in [2.45, 2.75) is 19.1 Å². The van der Waals surface area contributed by atoms with Crippen LogP contribution in [0.2, 0.25) is 0 Å². The predicted molar refractivity (Wildman–Crippen MR) is 101 cm³/mol. The molecule has 3 aromatic rings. The molecule has 26 heavy (non-hydrogen) atoms. The van der Waals surface area contributed by atoms with Gasteiger partial charge in [-0.3, -0.25) is 9.69 Å². The number of anilines is 1. The first kappa shape index (κ1) is 15.9. The Kier molecular flexibility index (Phi) is 3.74. The molecule has 2 aliphatic heterocycles. The highest BCUT2D eigenvalue weighted by Crippen LogP contribution is 2.30. The fourth-order valence-electron chi connectivity index (χ4n) is 3.47. The number of likely N-dealkylation sites (tertiary alicyclic amines) is 1. The molecule has 2 aromatic heterocycles. The lowest BCUT2D eigenvalue weighted by atomic mass is 9.95. The average molecular weight is 366 g/mol. The first-order valence-corrected chi connectivity index (χ1v) is 9.45. The Morgan fingerprint density at radius 1 is 1.31 bits per heavy atom. The maximum Gasteiger partial charge on any atom is 0.239 e. The van der Waals surface area contributed by atoms with Gasteiger partial charge in [0.05, 0.1) is 35.2 Å². The number of nitrogens with zero attached hydrogens (tertiary/aromatic N) is 3. The van der Waals surface area contributed by atoms with Gasteiger partial charge in [0.15, 0.2) is 0 Å². The summed E-state index contributed by atoms with van der Waals surface area (Å²) in [5, 5.41) is 6.06. The van der Waals surface area contributed by atoms with Crippen molar-refractivity contribution in [3.63, 3.8) is 0 Å². The van der Waals surface area contributed by atoms with Crippen molar-refractivity contribution in [2.75, 3.05) is 25.0 Å². The van der Waals surface area contributed by atoms with E-state index in [0.29, 0.717) is 24.5 Å². The van der Waals surface area contributed by atoms with Crippen LogP contribution in [0.5, 0.6) is 0 Å². The first-order chi connectivity index (χ1) is 12.7. The van der Waals surface area contributed by atoms with Gasteiger partial charge in [-0.2, -0.15) is 0 Å². The summed E-state index contributed by atoms with van der Waals surface area (Å²) in [5.41, 5.74) is 1.13. The van der Waals surface area contributed by atoms with Crippen molar-refractivity contribution < 1.29 is 9.53 Å². The van der Waals surface area contributed by atoms with Crippen LogP contribution in [0.3, 0.4) is 0 Å². The summed E-state index contributed by atoms with van der Waals surface area (Å²) in [4.78, 5) is 24.3. The Hall–Kier alpha value is -2.35. The van der Waals surface area contributed by atoms with Gasteiger partial charge >= 0.3 is 0 Å². The zero-order valence-electron chi connectivity index (χ0n) is 14.3. The molecule has 0 aliphatic carbocycles. The highest BCUT2D eigenvalue weighted by molar-refractivity contribution is 7.15. The molecular weight excluding hydrogens is 348 g/mol. The Morgan fingerprint density at radius 2 is 2.23 bits per heavy atom. The van der Waals surface area contributed by atoms with E-state index >= 15 is 0 Å². The van der Waals surface area contributed by atoms with Crippen molar-refractivity contribution in [3.8, 4) is 10.4 Å². The van der Waals surface area contributed by atoms with E-state index in [0.717, 1.165) is 39.4 Å². The Bertz CT molecular complexity index is 1000. The van der Waals surface area contributed by atoms with Gasteiger partial charge in [-0.1, -0.05) is 12.1 Å². The number of hydrogen-bond acceptors (Lipinski definition) is 6. The lowest BCUT2D eigenvalue weighted by Crippen LogP contribution is -2.71. The number of thiazole rings is 1. The van der Waals surface area contributed by atoms with E-state index in [9.17, 15) is 4.79 Å². The number of ether oxygens (including phenoxy) is 1. The zero-order chi connectivity index (χ0) is 17.7. The number of aryl methyl sites for hydroxylation is 1. The monoisotopic (exact) mass is 366 g/mol. The molecule has 2 atom stereocenters. The minimum Gasteiger partial charge on any atom is -0.373 e. The van der Waals surface area contributed by atoms with Gasteiger partial charge < -0.3 is 10.1 Å². The number of morpholine rings is 1. The van der Waals surface area contributed by atoms with E-state index in [1.165, 1.54) is 0 Å². The lowest BCUT2D eigenvalue weighted by molar-refractivity contribution is -0.212. The van der Waals surface area contributed by atoms with Crippen LogP contribution in [0.1, 0.15) is 5.01 Å². The van der Waals surface area contributed by atoms with Gasteiger partial charge in [0.25, 0.3) is 0 Å². The number of benzene rings is 1. The minimum absolute atomic E-state index is 0.0311. The molecule has 2 fully saturated rings. The molecule has 1 amide bonds. The summed E-state index contributed by atoms with van der Waals surface area (Å²) in [6.07, 6.45) is 4.04. The second-order valence-electron chi connectivity index (χ2n) is 6.79. The summed E-state index contributed by atoms with van der Waals surface area (Å²) in [5.74, 6) is 0.554. The van der Waals surface area contributed by atoms with Crippen molar-refractivity contribution in [1.29, 1.82) is 0 Å². The normalized spacial score (nSPS) is 21.7. The number of carbonyl (C=O) groups is 1. The van der Waals surface area contributed by atoms with Gasteiger partial charge in [-0.05, 0) is 30.0 Å². The molecule has 0 bridgehead atoms. The summed E-state index contributed by atoms with van der Waals surface area (Å²) < 4.78 is 5.37. The van der Waals surface area contributed by atoms with E-state index in [1.54, 1.807) is 17.5 Å². The van der Waals surface area contributed by atoms with Crippen LogP contribution < -0.4 is 5.32 Å². The molecule has 6 nitrogen and oxygen atoms in total. The van der Waals surface area contributed by atoms with Gasteiger partial charge in [0.1, 0.15) is 5.82 Å². The van der Waals surface area contributed by atoms with E-state index < -0.39 is 0 Å². The van der Waals surface area contributed by atoms with Crippen molar-refractivity contribution in [3.05, 3.63) is 41.7 Å². The number of aromatic nitrogens is 2. The number of amides is 1. The Labute approximate surface area is 154 Å². The molecule has 0 radical (unpaired) electrons. The van der Waals surface area contributed by atoms with Crippen molar-refractivity contribution >= 4 is 33.8 Å². The largest absolute Gasteiger partial charge is 0.373 e. The molecule has 1 N–H and O–H groups in total. The van der Waals surface area contributed by atoms with Crippen molar-refractivity contribution in [1.82, 2.24) is 14.9 Å². The summed E-state index contributed by atoms with van der Waals surface area (Å²) in [7, 11) is 0. The van der Waals surface area contributed by atoms with Crippen LogP contribution in [0.15, 0.2) is 36.7 Å². The van der Waals surface area contributed by atoms with Crippen LogP contribution in [0.4, 0.5) is 5.82 Å². The fourth-order valence-corrected chi connectivity index (χ4v) is 4.24. The van der Waals surface area contributed by atoms with Gasteiger partial charge in [0.2, 0.25) is 5.91 Å². The number of pyridine rings is 1. The summed E-state index contributed by atoms with van der Waals surface area (Å²) in [6, 6.07) is 8.60. The first-order valence-electron chi connectivity index (χ1n) is 8.64. The zero-order valence-corrected chi connectivity index (χ0v) is 15.1. The molecule has 2 aliphatic rings. The lowest BCUT2D eigenvalue weighted by Gasteiger charge is -2.54. The van der Waals surface area contributed by atoms with Crippen LogP contribution in [-0.2, 0) is 9.53 Å². The smallest absolute Gasteiger partial charge is 0.239 e. The maximum absolute atomic E-state index is 12.3. The molecule has 0 spiro atoms. The van der Waals surface area contributed by atoms with E-state index in [2.05, 4.69) is 38.4 Å². The highest BCUT2D eigenvalue weighted by Gasteiger charge is 2.47. The average Bonchev–Trinajstić information content (AvgIpc) is 3.04. The summed E-state index contributed by atoms with van der Waals surface area (Å²) >= 11 is 1.67. The highest BCUT2D eigenvalue weighted by atomic mass is 32.1.